The Morgan fingerprint density at radius 1 is 1.28 bits per heavy atom. The molecule has 1 N–H and O–H groups in total. The van der Waals surface area contributed by atoms with Crippen LogP contribution in [0.4, 0.5) is 0 Å². The van der Waals surface area contributed by atoms with Gasteiger partial charge in [0.25, 0.3) is 0 Å². The van der Waals surface area contributed by atoms with Gasteiger partial charge in [-0.2, -0.15) is 4.31 Å². The first-order valence-electron chi connectivity index (χ1n) is 6.37. The minimum absolute atomic E-state index is 0.00859. The van der Waals surface area contributed by atoms with Crippen molar-refractivity contribution in [1.82, 2.24) is 9.62 Å². The van der Waals surface area contributed by atoms with E-state index in [1.165, 1.54) is 10.6 Å². The fraction of sp³-hybridized carbons (Fsp3) is 0.917. The van der Waals surface area contributed by atoms with Gasteiger partial charge in [-0.3, -0.25) is 4.79 Å². The second kappa shape index (κ2) is 5.57. The number of sulfonamides is 1. The van der Waals surface area contributed by atoms with Crippen molar-refractivity contribution >= 4 is 15.9 Å². The van der Waals surface area contributed by atoms with Crippen molar-refractivity contribution in [2.24, 2.45) is 0 Å². The molecule has 0 saturated heterocycles. The summed E-state index contributed by atoms with van der Waals surface area (Å²) in [5, 5.41) is 2.80. The van der Waals surface area contributed by atoms with Crippen molar-refractivity contribution in [3.05, 3.63) is 0 Å². The molecular weight excluding hydrogens is 252 g/mol. The monoisotopic (exact) mass is 276 g/mol. The van der Waals surface area contributed by atoms with E-state index in [1.54, 1.807) is 0 Å². The van der Waals surface area contributed by atoms with E-state index in [2.05, 4.69) is 5.32 Å². The third kappa shape index (κ3) is 4.94. The SMILES string of the molecule is CC(C)(C)NC(=O)CN(C1CCCC1)S(C)(=O)=O. The highest BCUT2D eigenvalue weighted by molar-refractivity contribution is 7.88. The highest BCUT2D eigenvalue weighted by Gasteiger charge is 2.31. The molecule has 0 bridgehead atoms. The van der Waals surface area contributed by atoms with E-state index in [0.29, 0.717) is 0 Å². The molecule has 5 nitrogen and oxygen atoms in total. The van der Waals surface area contributed by atoms with Gasteiger partial charge >= 0.3 is 0 Å². The smallest absolute Gasteiger partial charge is 0.235 e. The lowest BCUT2D eigenvalue weighted by atomic mass is 10.1. The summed E-state index contributed by atoms with van der Waals surface area (Å²) in [6.45, 7) is 5.57. The maximum absolute atomic E-state index is 11.9. The minimum atomic E-state index is -3.33. The van der Waals surface area contributed by atoms with Gasteiger partial charge in [0.05, 0.1) is 12.8 Å². The predicted molar refractivity (Wildman–Crippen MR) is 71.7 cm³/mol. The zero-order chi connectivity index (χ0) is 14.0. The number of nitrogens with zero attached hydrogens (tertiary/aromatic N) is 1. The Labute approximate surface area is 110 Å². The van der Waals surface area contributed by atoms with E-state index in [-0.39, 0.29) is 24.0 Å². The molecule has 0 aromatic rings. The first-order chi connectivity index (χ1) is 8.09. The third-order valence-electron chi connectivity index (χ3n) is 2.97. The fourth-order valence-corrected chi connectivity index (χ4v) is 3.41. The maximum Gasteiger partial charge on any atom is 0.235 e. The average Bonchev–Trinajstić information content (AvgIpc) is 2.61. The zero-order valence-electron chi connectivity index (χ0n) is 11.7. The Morgan fingerprint density at radius 2 is 1.78 bits per heavy atom. The molecule has 6 heteroatoms. The Hall–Kier alpha value is -0.620. The molecule has 1 aliphatic rings. The van der Waals surface area contributed by atoms with E-state index in [4.69, 9.17) is 0 Å². The summed E-state index contributed by atoms with van der Waals surface area (Å²) < 4.78 is 24.9. The lowest BCUT2D eigenvalue weighted by molar-refractivity contribution is -0.123. The third-order valence-corrected chi connectivity index (χ3v) is 4.25. The number of amides is 1. The Balaban J connectivity index is 2.71. The van der Waals surface area contributed by atoms with Crippen molar-refractivity contribution < 1.29 is 13.2 Å². The summed E-state index contributed by atoms with van der Waals surface area (Å²) in [6, 6.07) is -0.00859. The van der Waals surface area contributed by atoms with E-state index in [1.807, 2.05) is 20.8 Å². The molecule has 0 atom stereocenters. The zero-order valence-corrected chi connectivity index (χ0v) is 12.5. The van der Waals surface area contributed by atoms with Crippen molar-refractivity contribution in [3.8, 4) is 0 Å². The first-order valence-corrected chi connectivity index (χ1v) is 8.22. The fourth-order valence-electron chi connectivity index (χ4n) is 2.31. The number of carbonyl (C=O) groups is 1. The van der Waals surface area contributed by atoms with Gasteiger partial charge in [-0.1, -0.05) is 12.8 Å². The summed E-state index contributed by atoms with van der Waals surface area (Å²) in [6.07, 6.45) is 4.97. The molecule has 18 heavy (non-hydrogen) atoms. The van der Waals surface area contributed by atoms with Crippen LogP contribution in [0.25, 0.3) is 0 Å². The molecule has 1 amide bonds. The van der Waals surface area contributed by atoms with Crippen LogP contribution in [0.3, 0.4) is 0 Å². The number of carbonyl (C=O) groups excluding carboxylic acids is 1. The number of rotatable bonds is 4. The molecule has 1 saturated carbocycles. The Morgan fingerprint density at radius 3 is 2.17 bits per heavy atom. The van der Waals surface area contributed by atoms with Crippen LogP contribution in [0.2, 0.25) is 0 Å². The molecule has 0 aromatic carbocycles. The van der Waals surface area contributed by atoms with E-state index in [9.17, 15) is 13.2 Å². The largest absolute Gasteiger partial charge is 0.350 e. The molecule has 0 aromatic heterocycles. The second-order valence-corrected chi connectivity index (χ2v) is 7.98. The standard InChI is InChI=1S/C12H24N2O3S/c1-12(2,3)13-11(15)9-14(18(4,16)17)10-7-5-6-8-10/h10H,5-9H2,1-4H3,(H,13,15). The Kier molecular flexibility index (Phi) is 4.78. The maximum atomic E-state index is 11.9. The average molecular weight is 276 g/mol. The van der Waals surface area contributed by atoms with Crippen LogP contribution < -0.4 is 5.32 Å². The van der Waals surface area contributed by atoms with Gasteiger partial charge in [-0.15, -0.1) is 0 Å². The summed E-state index contributed by atoms with van der Waals surface area (Å²) in [7, 11) is -3.33. The molecule has 0 spiro atoms. The van der Waals surface area contributed by atoms with Crippen LogP contribution in [0, 0.1) is 0 Å². The van der Waals surface area contributed by atoms with E-state index >= 15 is 0 Å². The number of nitrogens with one attached hydrogen (secondary N) is 1. The molecule has 1 fully saturated rings. The molecule has 0 radical (unpaired) electrons. The van der Waals surface area contributed by atoms with Gasteiger partial charge in [0, 0.05) is 11.6 Å². The normalized spacial score (nSPS) is 18.3. The highest BCUT2D eigenvalue weighted by atomic mass is 32.2. The number of hydrogen-bond acceptors (Lipinski definition) is 3. The molecule has 0 aliphatic heterocycles. The first kappa shape index (κ1) is 15.4. The van der Waals surface area contributed by atoms with Crippen molar-refractivity contribution in [2.45, 2.75) is 58.0 Å². The lowest BCUT2D eigenvalue weighted by Crippen LogP contribution is -2.49. The minimum Gasteiger partial charge on any atom is -0.350 e. The van der Waals surface area contributed by atoms with Crippen LogP contribution in [0.5, 0.6) is 0 Å². The lowest BCUT2D eigenvalue weighted by Gasteiger charge is -2.28. The van der Waals surface area contributed by atoms with Gasteiger partial charge in [-0.05, 0) is 33.6 Å². The second-order valence-electron chi connectivity index (χ2n) is 6.04. The molecular formula is C12H24N2O3S. The molecule has 106 valence electrons. The topological polar surface area (TPSA) is 66.5 Å². The predicted octanol–water partition coefficient (Wildman–Crippen LogP) is 1.11. The van der Waals surface area contributed by atoms with Gasteiger partial charge < -0.3 is 5.32 Å². The highest BCUT2D eigenvalue weighted by Crippen LogP contribution is 2.25. The van der Waals surface area contributed by atoms with Crippen LogP contribution in [0.1, 0.15) is 46.5 Å². The van der Waals surface area contributed by atoms with Gasteiger partial charge in [0.15, 0.2) is 0 Å². The van der Waals surface area contributed by atoms with Crippen molar-refractivity contribution in [1.29, 1.82) is 0 Å². The van der Waals surface area contributed by atoms with Crippen LogP contribution >= 0.6 is 0 Å². The van der Waals surface area contributed by atoms with Crippen molar-refractivity contribution in [3.63, 3.8) is 0 Å². The summed E-state index contributed by atoms with van der Waals surface area (Å²) in [4.78, 5) is 11.9. The van der Waals surface area contributed by atoms with Gasteiger partial charge in [0.1, 0.15) is 0 Å². The van der Waals surface area contributed by atoms with Crippen molar-refractivity contribution in [2.75, 3.05) is 12.8 Å². The van der Waals surface area contributed by atoms with Crippen LogP contribution in [0.15, 0.2) is 0 Å². The summed E-state index contributed by atoms with van der Waals surface area (Å²) in [5.41, 5.74) is -0.337. The van der Waals surface area contributed by atoms with Gasteiger partial charge in [0.2, 0.25) is 15.9 Å². The summed E-state index contributed by atoms with van der Waals surface area (Å²) >= 11 is 0. The van der Waals surface area contributed by atoms with E-state index in [0.717, 1.165) is 25.7 Å². The van der Waals surface area contributed by atoms with Gasteiger partial charge in [-0.25, -0.2) is 8.42 Å². The molecule has 1 aliphatic carbocycles. The number of hydrogen-bond donors (Lipinski definition) is 1. The van der Waals surface area contributed by atoms with Crippen LogP contribution in [-0.4, -0.2) is 43.0 Å². The molecule has 1 rings (SSSR count). The quantitative estimate of drug-likeness (QED) is 0.836. The van der Waals surface area contributed by atoms with Crippen LogP contribution in [-0.2, 0) is 14.8 Å². The molecule has 0 heterocycles. The van der Waals surface area contributed by atoms with E-state index < -0.39 is 10.0 Å². The Bertz CT molecular complexity index is 392. The molecule has 0 unspecified atom stereocenters. The summed E-state index contributed by atoms with van der Waals surface area (Å²) in [5.74, 6) is -0.236.